The van der Waals surface area contributed by atoms with E-state index in [9.17, 15) is 4.79 Å². The van der Waals surface area contributed by atoms with Gasteiger partial charge in [0.2, 0.25) is 0 Å². The molecule has 0 aliphatic rings. The highest BCUT2D eigenvalue weighted by atomic mass is 32.2. The Hall–Kier alpha value is -0.610. The van der Waals surface area contributed by atoms with Crippen molar-refractivity contribution in [1.82, 2.24) is 0 Å². The molecular weight excluding hydrogens is 250 g/mol. The van der Waals surface area contributed by atoms with Crippen LogP contribution in [0.15, 0.2) is 16.4 Å². The van der Waals surface area contributed by atoms with Crippen molar-refractivity contribution >= 4 is 33.9 Å². The van der Waals surface area contributed by atoms with Crippen LogP contribution in [0.25, 0.3) is 0 Å². The molecule has 0 aromatic carbocycles. The standard InChI is InChI=1S/C13H19NOS2/c1-5-14-13(16-4)7-11(15)12-6-10(8-17-12)9(2)3/h6,8-9H,5,7H2,1-4H3. The first-order valence-corrected chi connectivity index (χ1v) is 7.87. The minimum absolute atomic E-state index is 0.184. The lowest BCUT2D eigenvalue weighted by atomic mass is 10.1. The molecule has 0 amide bonds. The minimum atomic E-state index is 0.184. The number of aliphatic imine (C=N–C) groups is 1. The van der Waals surface area contributed by atoms with Gasteiger partial charge >= 0.3 is 0 Å². The fourth-order valence-corrected chi connectivity index (χ4v) is 2.94. The maximum atomic E-state index is 12.0. The Morgan fingerprint density at radius 3 is 2.71 bits per heavy atom. The largest absolute Gasteiger partial charge is 0.293 e. The molecule has 2 nitrogen and oxygen atoms in total. The predicted molar refractivity (Wildman–Crippen MR) is 78.8 cm³/mol. The summed E-state index contributed by atoms with van der Waals surface area (Å²) in [7, 11) is 0. The molecule has 17 heavy (non-hydrogen) atoms. The molecule has 0 unspecified atom stereocenters. The molecule has 1 heterocycles. The van der Waals surface area contributed by atoms with Crippen LogP contribution in [0.2, 0.25) is 0 Å². The summed E-state index contributed by atoms with van der Waals surface area (Å²) < 4.78 is 0. The predicted octanol–water partition coefficient (Wildman–Crippen LogP) is 4.23. The molecule has 4 heteroatoms. The topological polar surface area (TPSA) is 29.4 Å². The second-order valence-electron chi connectivity index (χ2n) is 4.07. The van der Waals surface area contributed by atoms with E-state index in [4.69, 9.17) is 0 Å². The third kappa shape index (κ3) is 4.28. The van der Waals surface area contributed by atoms with Crippen LogP contribution >= 0.6 is 23.1 Å². The molecule has 1 aromatic heterocycles. The molecule has 1 aromatic rings. The fraction of sp³-hybridized carbons (Fsp3) is 0.538. The van der Waals surface area contributed by atoms with Crippen molar-refractivity contribution in [1.29, 1.82) is 0 Å². The number of rotatable bonds is 5. The summed E-state index contributed by atoms with van der Waals surface area (Å²) in [5.41, 5.74) is 1.25. The molecule has 94 valence electrons. The molecule has 0 fully saturated rings. The normalized spacial score (nSPS) is 12.2. The SMILES string of the molecule is CCN=C(CC(=O)c1cc(C(C)C)cs1)SC. The van der Waals surface area contributed by atoms with E-state index >= 15 is 0 Å². The van der Waals surface area contributed by atoms with Crippen molar-refractivity contribution in [3.63, 3.8) is 0 Å². The zero-order valence-electron chi connectivity index (χ0n) is 10.8. The van der Waals surface area contributed by atoms with E-state index in [1.165, 1.54) is 5.56 Å². The van der Waals surface area contributed by atoms with Gasteiger partial charge in [-0.05, 0) is 36.1 Å². The summed E-state index contributed by atoms with van der Waals surface area (Å²) in [6.45, 7) is 7.01. The van der Waals surface area contributed by atoms with E-state index in [-0.39, 0.29) is 5.78 Å². The monoisotopic (exact) mass is 269 g/mol. The summed E-state index contributed by atoms with van der Waals surface area (Å²) in [6, 6.07) is 2.02. The first-order chi connectivity index (χ1) is 8.08. The van der Waals surface area contributed by atoms with Crippen molar-refractivity contribution in [3.8, 4) is 0 Å². The van der Waals surface area contributed by atoms with E-state index in [0.29, 0.717) is 12.3 Å². The Bertz CT molecular complexity index is 407. The van der Waals surface area contributed by atoms with Gasteiger partial charge in [0.15, 0.2) is 5.78 Å². The maximum Gasteiger partial charge on any atom is 0.179 e. The van der Waals surface area contributed by atoms with E-state index in [0.717, 1.165) is 16.5 Å². The van der Waals surface area contributed by atoms with Crippen molar-refractivity contribution in [2.24, 2.45) is 4.99 Å². The highest BCUT2D eigenvalue weighted by molar-refractivity contribution is 8.13. The minimum Gasteiger partial charge on any atom is -0.293 e. The highest BCUT2D eigenvalue weighted by Gasteiger charge is 2.13. The smallest absolute Gasteiger partial charge is 0.179 e. The highest BCUT2D eigenvalue weighted by Crippen LogP contribution is 2.23. The average molecular weight is 269 g/mol. The molecule has 1 rings (SSSR count). The Labute approximate surface area is 112 Å². The zero-order valence-corrected chi connectivity index (χ0v) is 12.5. The van der Waals surface area contributed by atoms with Crippen LogP contribution in [0.3, 0.4) is 0 Å². The van der Waals surface area contributed by atoms with Gasteiger partial charge < -0.3 is 0 Å². The second kappa shape index (κ2) is 6.97. The molecule has 0 spiro atoms. The van der Waals surface area contributed by atoms with Gasteiger partial charge in [-0.25, -0.2) is 0 Å². The van der Waals surface area contributed by atoms with Crippen LogP contribution in [-0.2, 0) is 0 Å². The lowest BCUT2D eigenvalue weighted by Crippen LogP contribution is -2.04. The first-order valence-electron chi connectivity index (χ1n) is 5.77. The molecule has 0 N–H and O–H groups in total. The van der Waals surface area contributed by atoms with Crippen LogP contribution < -0.4 is 0 Å². The van der Waals surface area contributed by atoms with Crippen LogP contribution in [0.5, 0.6) is 0 Å². The van der Waals surface area contributed by atoms with E-state index in [1.807, 2.05) is 19.2 Å². The summed E-state index contributed by atoms with van der Waals surface area (Å²) in [4.78, 5) is 17.2. The summed E-state index contributed by atoms with van der Waals surface area (Å²) in [5, 5.41) is 3.00. The van der Waals surface area contributed by atoms with E-state index in [2.05, 4.69) is 24.2 Å². The molecule has 0 radical (unpaired) electrons. The van der Waals surface area contributed by atoms with Crippen molar-refractivity contribution in [3.05, 3.63) is 21.9 Å². The van der Waals surface area contributed by atoms with E-state index < -0.39 is 0 Å². The molecule has 0 saturated carbocycles. The van der Waals surface area contributed by atoms with E-state index in [1.54, 1.807) is 23.1 Å². The number of thiophene rings is 1. The maximum absolute atomic E-state index is 12.0. The lowest BCUT2D eigenvalue weighted by molar-refractivity contribution is 0.100. The van der Waals surface area contributed by atoms with Gasteiger partial charge in [0.05, 0.1) is 16.3 Å². The van der Waals surface area contributed by atoms with Crippen LogP contribution in [0, 0.1) is 0 Å². The van der Waals surface area contributed by atoms with Gasteiger partial charge in [-0.2, -0.15) is 0 Å². The molecule has 0 bridgehead atoms. The number of ketones is 1. The zero-order chi connectivity index (χ0) is 12.8. The molecule has 0 aliphatic heterocycles. The van der Waals surface area contributed by atoms with Gasteiger partial charge in [-0.1, -0.05) is 13.8 Å². The van der Waals surface area contributed by atoms with Crippen LogP contribution in [0.1, 0.15) is 48.3 Å². The summed E-state index contributed by atoms with van der Waals surface area (Å²) in [6.07, 6.45) is 2.41. The second-order valence-corrected chi connectivity index (χ2v) is 5.86. The van der Waals surface area contributed by atoms with Gasteiger partial charge in [0.25, 0.3) is 0 Å². The van der Waals surface area contributed by atoms with Crippen molar-refractivity contribution in [2.75, 3.05) is 12.8 Å². The van der Waals surface area contributed by atoms with Gasteiger partial charge in [-0.15, -0.1) is 23.1 Å². The van der Waals surface area contributed by atoms with Crippen molar-refractivity contribution in [2.45, 2.75) is 33.1 Å². The molecule has 0 saturated heterocycles. The van der Waals surface area contributed by atoms with Crippen LogP contribution in [0.4, 0.5) is 0 Å². The summed E-state index contributed by atoms with van der Waals surface area (Å²) >= 11 is 3.11. The third-order valence-electron chi connectivity index (χ3n) is 2.44. The van der Waals surface area contributed by atoms with Gasteiger partial charge in [-0.3, -0.25) is 9.79 Å². The molecule has 0 aliphatic carbocycles. The Morgan fingerprint density at radius 2 is 2.24 bits per heavy atom. The number of carbonyl (C=O) groups is 1. The van der Waals surface area contributed by atoms with Gasteiger partial charge in [0, 0.05) is 6.54 Å². The Morgan fingerprint density at radius 1 is 1.53 bits per heavy atom. The lowest BCUT2D eigenvalue weighted by Gasteiger charge is -2.01. The van der Waals surface area contributed by atoms with Crippen molar-refractivity contribution < 1.29 is 4.79 Å². The molecule has 0 atom stereocenters. The van der Waals surface area contributed by atoms with Gasteiger partial charge in [0.1, 0.15) is 0 Å². The average Bonchev–Trinajstić information content (AvgIpc) is 2.77. The first kappa shape index (κ1) is 14.5. The third-order valence-corrected chi connectivity index (χ3v) is 4.18. The number of Topliss-reactive ketones (excluding diaryl/α,β-unsaturated/α-hetero) is 1. The molecular formula is C13H19NOS2. The number of hydrogen-bond acceptors (Lipinski definition) is 4. The van der Waals surface area contributed by atoms with Crippen LogP contribution in [-0.4, -0.2) is 23.6 Å². The quantitative estimate of drug-likeness (QED) is 0.455. The fourth-order valence-electron chi connectivity index (χ4n) is 1.39. The number of nitrogens with zero attached hydrogens (tertiary/aromatic N) is 1. The number of thioether (sulfide) groups is 1. The number of carbonyl (C=O) groups excluding carboxylic acids is 1. The Balaban J connectivity index is 2.72. The summed E-state index contributed by atoms with van der Waals surface area (Å²) in [5.74, 6) is 0.667. The Kier molecular flexibility index (Phi) is 5.92. The number of hydrogen-bond donors (Lipinski definition) is 0.